The van der Waals surface area contributed by atoms with Gasteiger partial charge in [0, 0.05) is 12.8 Å². The molecule has 386 valence electrons. The number of esters is 2. The Morgan fingerprint density at radius 1 is 0.455 bits per heavy atom. The first kappa shape index (κ1) is 63.5. The van der Waals surface area contributed by atoms with E-state index in [4.69, 9.17) is 18.9 Å². The average molecular weight is 933 g/mol. The van der Waals surface area contributed by atoms with Crippen LogP contribution in [0.5, 0.6) is 0 Å². The molecule has 0 amide bonds. The highest BCUT2D eigenvalue weighted by Crippen LogP contribution is 2.16. The zero-order valence-electron chi connectivity index (χ0n) is 43.9. The van der Waals surface area contributed by atoms with Crippen LogP contribution >= 0.6 is 0 Å². The molecule has 0 spiro atoms. The summed E-state index contributed by atoms with van der Waals surface area (Å²) in [6.45, 7) is 4.88. The van der Waals surface area contributed by atoms with E-state index in [0.717, 1.165) is 57.8 Å². The van der Waals surface area contributed by atoms with Gasteiger partial charge in [0.05, 0.1) is 34.4 Å². The number of allylic oxidation sites excluding steroid dienone is 6. The Kier molecular flexibility index (Phi) is 47.1. The molecule has 0 radical (unpaired) electrons. The molecule has 9 heteroatoms. The molecule has 0 aromatic heterocycles. The van der Waals surface area contributed by atoms with Crippen LogP contribution in [0.4, 0.5) is 0 Å². The molecule has 66 heavy (non-hydrogen) atoms. The number of rotatable bonds is 51. The molecule has 2 unspecified atom stereocenters. The summed E-state index contributed by atoms with van der Waals surface area (Å²) < 4.78 is 22.9. The number of unbranched alkanes of at least 4 members (excludes halogenated alkanes) is 30. The van der Waals surface area contributed by atoms with Crippen molar-refractivity contribution in [1.82, 2.24) is 0 Å². The fraction of sp³-hybridized carbons (Fsp3) is 0.842. The summed E-state index contributed by atoms with van der Waals surface area (Å²) in [6.07, 6.45) is 54.9. The van der Waals surface area contributed by atoms with Crippen LogP contribution in [-0.2, 0) is 33.3 Å². The summed E-state index contributed by atoms with van der Waals surface area (Å²) in [4.78, 5) is 37.4. The molecule has 0 aliphatic heterocycles. The number of hydrogen-bond donors (Lipinski definition) is 1. The highest BCUT2D eigenvalue weighted by Gasteiger charge is 2.25. The molecule has 0 rings (SSSR count). The summed E-state index contributed by atoms with van der Waals surface area (Å²) in [5.41, 5.74) is 0. The predicted molar refractivity (Wildman–Crippen MR) is 277 cm³/mol. The van der Waals surface area contributed by atoms with Crippen molar-refractivity contribution in [3.8, 4) is 0 Å². The van der Waals surface area contributed by atoms with E-state index in [2.05, 4.69) is 50.3 Å². The summed E-state index contributed by atoms with van der Waals surface area (Å²) in [5.74, 6) is -2.01. The molecule has 0 aliphatic rings. The number of ether oxygens (including phenoxy) is 4. The van der Waals surface area contributed by atoms with Crippen LogP contribution in [0.25, 0.3) is 0 Å². The number of carbonyl (C=O) groups excluding carboxylic acids is 2. The molecule has 1 N–H and O–H groups in total. The van der Waals surface area contributed by atoms with Crippen molar-refractivity contribution in [1.29, 1.82) is 0 Å². The van der Waals surface area contributed by atoms with Gasteiger partial charge in [0.15, 0.2) is 6.10 Å². The van der Waals surface area contributed by atoms with Crippen molar-refractivity contribution in [2.75, 3.05) is 47.5 Å². The Balaban J connectivity index is 4.30. The largest absolute Gasteiger partial charge is 0.477 e. The number of hydrogen-bond acceptors (Lipinski definition) is 7. The van der Waals surface area contributed by atoms with Crippen molar-refractivity contribution >= 4 is 17.9 Å². The van der Waals surface area contributed by atoms with Crippen molar-refractivity contribution < 1.29 is 42.9 Å². The molecule has 0 saturated heterocycles. The zero-order valence-corrected chi connectivity index (χ0v) is 43.9. The number of aliphatic carboxylic acids is 1. The lowest BCUT2D eigenvalue weighted by atomic mass is 10.0. The monoisotopic (exact) mass is 933 g/mol. The maximum absolute atomic E-state index is 12.8. The summed E-state index contributed by atoms with van der Waals surface area (Å²) in [7, 11) is 5.96. The van der Waals surface area contributed by atoms with E-state index >= 15 is 0 Å². The van der Waals surface area contributed by atoms with Gasteiger partial charge in [-0.05, 0) is 51.4 Å². The fourth-order valence-corrected chi connectivity index (χ4v) is 7.84. The highest BCUT2D eigenvalue weighted by molar-refractivity contribution is 5.71. The van der Waals surface area contributed by atoms with E-state index < -0.39 is 24.3 Å². The topological polar surface area (TPSA) is 108 Å². The normalized spacial score (nSPS) is 13.0. The Morgan fingerprint density at radius 2 is 0.818 bits per heavy atom. The van der Waals surface area contributed by atoms with Gasteiger partial charge in [0.25, 0.3) is 6.29 Å². The Hall–Kier alpha value is -2.49. The number of carboxylic acid groups (broad SMARTS) is 1. The molecule has 0 fully saturated rings. The van der Waals surface area contributed by atoms with Gasteiger partial charge in [-0.2, -0.15) is 0 Å². The fourth-order valence-electron chi connectivity index (χ4n) is 7.84. The molecular formula is C57H106NO8+. The molecule has 2 atom stereocenters. The molecule has 0 aliphatic carbocycles. The molecule has 0 aromatic rings. The van der Waals surface area contributed by atoms with Crippen LogP contribution < -0.4 is 0 Å². The van der Waals surface area contributed by atoms with Crippen LogP contribution in [0.2, 0.25) is 0 Å². The molecule has 0 heterocycles. The Bertz CT molecular complexity index is 1180. The van der Waals surface area contributed by atoms with Crippen LogP contribution in [0.15, 0.2) is 36.5 Å². The Labute approximate surface area is 407 Å². The minimum absolute atomic E-state index is 0.184. The third kappa shape index (κ3) is 49.4. The van der Waals surface area contributed by atoms with E-state index in [1.807, 2.05) is 21.1 Å². The summed E-state index contributed by atoms with van der Waals surface area (Å²) >= 11 is 0. The van der Waals surface area contributed by atoms with Crippen molar-refractivity contribution in [2.24, 2.45) is 0 Å². The molecule has 0 bridgehead atoms. The van der Waals surface area contributed by atoms with Crippen LogP contribution in [-0.4, -0.2) is 87.4 Å². The van der Waals surface area contributed by atoms with Crippen molar-refractivity contribution in [3.63, 3.8) is 0 Å². The van der Waals surface area contributed by atoms with Gasteiger partial charge in [-0.1, -0.05) is 224 Å². The van der Waals surface area contributed by atoms with Gasteiger partial charge in [0.2, 0.25) is 0 Å². The summed E-state index contributed by atoms with van der Waals surface area (Å²) in [6, 6.07) is 0. The van der Waals surface area contributed by atoms with E-state index in [1.54, 1.807) is 0 Å². The first-order valence-electron chi connectivity index (χ1n) is 27.7. The smallest absolute Gasteiger partial charge is 0.361 e. The second-order valence-electron chi connectivity index (χ2n) is 19.9. The van der Waals surface area contributed by atoms with Gasteiger partial charge >= 0.3 is 17.9 Å². The minimum Gasteiger partial charge on any atom is -0.477 e. The lowest BCUT2D eigenvalue weighted by molar-refractivity contribution is -0.870. The van der Waals surface area contributed by atoms with E-state index in [0.29, 0.717) is 23.9 Å². The lowest BCUT2D eigenvalue weighted by Crippen LogP contribution is -2.40. The minimum atomic E-state index is -1.51. The SMILES string of the molecule is CCCCCCC/C=C\C/C=C\C/C=C\CCCCCCCCC(=O)OC(COC(=O)CCCCCCCCCCCCCCCCCCCCCC)COC(OCC[N+](C)(C)C)C(=O)O. The number of quaternary nitrogens is 1. The van der Waals surface area contributed by atoms with E-state index in [-0.39, 0.29) is 32.2 Å². The molecular weight excluding hydrogens is 827 g/mol. The highest BCUT2D eigenvalue weighted by atomic mass is 16.7. The number of carboxylic acids is 1. The maximum Gasteiger partial charge on any atom is 0.361 e. The van der Waals surface area contributed by atoms with Crippen LogP contribution in [0, 0.1) is 0 Å². The molecule has 9 nitrogen and oxygen atoms in total. The Morgan fingerprint density at radius 3 is 1.21 bits per heavy atom. The quantitative estimate of drug-likeness (QED) is 0.0211. The van der Waals surface area contributed by atoms with Gasteiger partial charge in [0.1, 0.15) is 13.2 Å². The zero-order chi connectivity index (χ0) is 48.4. The first-order chi connectivity index (χ1) is 32.1. The molecule has 0 saturated carbocycles. The lowest BCUT2D eigenvalue weighted by Gasteiger charge is -2.25. The van der Waals surface area contributed by atoms with Crippen LogP contribution in [0.3, 0.4) is 0 Å². The second-order valence-corrected chi connectivity index (χ2v) is 19.9. The van der Waals surface area contributed by atoms with Crippen LogP contribution in [0.1, 0.15) is 251 Å². The summed E-state index contributed by atoms with van der Waals surface area (Å²) in [5, 5.41) is 9.69. The standard InChI is InChI=1S/C57H105NO8/c1-6-8-10-12-14-16-18-20-22-24-26-28-30-32-34-36-38-40-42-44-46-48-55(60)66-53(52-65-57(56(61)62)63-50-49-58(3,4)5)51-64-54(59)47-45-43-41-39-37-35-33-31-29-27-25-23-21-19-17-15-13-11-9-7-2/h18,20,24,26,30,32,53,57H,6-17,19,21-23,25,27-29,31,33-52H2,1-5H3/p+1/b20-18-,26-24-,32-30-. The first-order valence-corrected chi connectivity index (χ1v) is 27.7. The van der Waals surface area contributed by atoms with Gasteiger partial charge in [-0.3, -0.25) is 9.59 Å². The molecule has 0 aromatic carbocycles. The number of nitrogens with zero attached hydrogens (tertiary/aromatic N) is 1. The third-order valence-electron chi connectivity index (χ3n) is 12.1. The van der Waals surface area contributed by atoms with Gasteiger partial charge < -0.3 is 28.5 Å². The average Bonchev–Trinajstić information content (AvgIpc) is 3.28. The maximum atomic E-state index is 12.8. The second kappa shape index (κ2) is 48.9. The predicted octanol–water partition coefficient (Wildman–Crippen LogP) is 15.7. The van der Waals surface area contributed by atoms with E-state index in [9.17, 15) is 19.5 Å². The third-order valence-corrected chi connectivity index (χ3v) is 12.1. The van der Waals surface area contributed by atoms with Crippen molar-refractivity contribution in [3.05, 3.63) is 36.5 Å². The van der Waals surface area contributed by atoms with E-state index in [1.165, 1.54) is 161 Å². The van der Waals surface area contributed by atoms with Gasteiger partial charge in [-0.25, -0.2) is 4.79 Å². The van der Waals surface area contributed by atoms with Crippen molar-refractivity contribution in [2.45, 2.75) is 264 Å². The number of likely N-dealkylation sites (N-methyl/N-ethyl adjacent to an activating group) is 1. The number of carbonyl (C=O) groups is 3. The van der Waals surface area contributed by atoms with Gasteiger partial charge in [-0.15, -0.1) is 0 Å².